The lowest BCUT2D eigenvalue weighted by atomic mass is 10.0. The molecule has 0 amide bonds. The Bertz CT molecular complexity index is 576. The SMILES string of the molecule is CC(=O)OCC=Cc1c(C(=O)O)cccc1N1CCOCC1. The highest BCUT2D eigenvalue weighted by atomic mass is 16.5. The summed E-state index contributed by atoms with van der Waals surface area (Å²) in [7, 11) is 0. The van der Waals surface area contributed by atoms with E-state index in [2.05, 4.69) is 4.90 Å². The number of ether oxygens (including phenoxy) is 2. The number of hydrogen-bond donors (Lipinski definition) is 1. The summed E-state index contributed by atoms with van der Waals surface area (Å²) in [6.07, 6.45) is 3.34. The lowest BCUT2D eigenvalue weighted by molar-refractivity contribution is -0.139. The van der Waals surface area contributed by atoms with Crippen molar-refractivity contribution in [2.75, 3.05) is 37.8 Å². The lowest BCUT2D eigenvalue weighted by Gasteiger charge is -2.30. The van der Waals surface area contributed by atoms with Crippen molar-refractivity contribution in [2.45, 2.75) is 6.92 Å². The van der Waals surface area contributed by atoms with Crippen molar-refractivity contribution in [3.63, 3.8) is 0 Å². The first kappa shape index (κ1) is 16.0. The van der Waals surface area contributed by atoms with E-state index in [4.69, 9.17) is 9.47 Å². The van der Waals surface area contributed by atoms with Gasteiger partial charge in [0.1, 0.15) is 6.61 Å². The van der Waals surface area contributed by atoms with Crippen LogP contribution in [0, 0.1) is 0 Å². The summed E-state index contributed by atoms with van der Waals surface area (Å²) in [5, 5.41) is 9.37. The summed E-state index contributed by atoms with van der Waals surface area (Å²) >= 11 is 0. The molecule has 0 unspecified atom stereocenters. The third kappa shape index (κ3) is 4.08. The predicted octanol–water partition coefficient (Wildman–Crippen LogP) is 1.80. The molecule has 0 radical (unpaired) electrons. The minimum Gasteiger partial charge on any atom is -0.478 e. The first-order chi connectivity index (χ1) is 10.6. The van der Waals surface area contributed by atoms with Crippen LogP contribution in [0.25, 0.3) is 6.08 Å². The van der Waals surface area contributed by atoms with Gasteiger partial charge in [-0.25, -0.2) is 4.79 Å². The van der Waals surface area contributed by atoms with E-state index in [-0.39, 0.29) is 18.1 Å². The van der Waals surface area contributed by atoms with Crippen LogP contribution >= 0.6 is 0 Å². The van der Waals surface area contributed by atoms with Gasteiger partial charge in [-0.2, -0.15) is 0 Å². The average molecular weight is 305 g/mol. The molecule has 1 aromatic carbocycles. The number of aromatic carboxylic acids is 1. The van der Waals surface area contributed by atoms with Gasteiger partial charge in [-0.1, -0.05) is 12.1 Å². The number of esters is 1. The molecule has 6 heteroatoms. The van der Waals surface area contributed by atoms with E-state index >= 15 is 0 Å². The van der Waals surface area contributed by atoms with Crippen molar-refractivity contribution in [3.05, 3.63) is 35.4 Å². The van der Waals surface area contributed by atoms with Gasteiger partial charge in [-0.3, -0.25) is 4.79 Å². The number of morpholine rings is 1. The number of carboxylic acid groups (broad SMARTS) is 1. The highest BCUT2D eigenvalue weighted by molar-refractivity contribution is 5.95. The maximum Gasteiger partial charge on any atom is 0.336 e. The van der Waals surface area contributed by atoms with Crippen molar-refractivity contribution in [1.82, 2.24) is 0 Å². The number of carbonyl (C=O) groups excluding carboxylic acids is 1. The molecule has 1 aromatic rings. The van der Waals surface area contributed by atoms with Crippen LogP contribution in [0.3, 0.4) is 0 Å². The molecule has 0 spiro atoms. The van der Waals surface area contributed by atoms with Gasteiger partial charge in [0.15, 0.2) is 0 Å². The Morgan fingerprint density at radius 1 is 1.36 bits per heavy atom. The van der Waals surface area contributed by atoms with E-state index in [9.17, 15) is 14.7 Å². The predicted molar refractivity (Wildman–Crippen MR) is 82.1 cm³/mol. The molecule has 0 aliphatic carbocycles. The monoisotopic (exact) mass is 305 g/mol. The Morgan fingerprint density at radius 3 is 2.73 bits per heavy atom. The minimum absolute atomic E-state index is 0.117. The number of nitrogens with zero attached hydrogens (tertiary/aromatic N) is 1. The van der Waals surface area contributed by atoms with Gasteiger partial charge in [0.2, 0.25) is 0 Å². The highest BCUT2D eigenvalue weighted by Gasteiger charge is 2.18. The maximum absolute atomic E-state index is 11.4. The van der Waals surface area contributed by atoms with E-state index in [0.29, 0.717) is 31.9 Å². The normalized spacial score (nSPS) is 15.0. The number of rotatable bonds is 5. The number of anilines is 1. The molecular weight excluding hydrogens is 286 g/mol. The Balaban J connectivity index is 2.29. The molecule has 0 aromatic heterocycles. The highest BCUT2D eigenvalue weighted by Crippen LogP contribution is 2.26. The zero-order valence-corrected chi connectivity index (χ0v) is 12.4. The molecule has 1 aliphatic rings. The third-order valence-electron chi connectivity index (χ3n) is 3.33. The number of hydrogen-bond acceptors (Lipinski definition) is 5. The van der Waals surface area contributed by atoms with Crippen LogP contribution in [0.1, 0.15) is 22.8 Å². The van der Waals surface area contributed by atoms with Crippen LogP contribution in [0.4, 0.5) is 5.69 Å². The van der Waals surface area contributed by atoms with Gasteiger partial charge in [0, 0.05) is 31.3 Å². The lowest BCUT2D eigenvalue weighted by Crippen LogP contribution is -2.36. The zero-order chi connectivity index (χ0) is 15.9. The second-order valence-corrected chi connectivity index (χ2v) is 4.85. The fourth-order valence-corrected chi connectivity index (χ4v) is 2.33. The Hall–Kier alpha value is -2.34. The maximum atomic E-state index is 11.4. The molecule has 1 N–H and O–H groups in total. The Morgan fingerprint density at radius 2 is 2.09 bits per heavy atom. The Labute approximate surface area is 128 Å². The smallest absolute Gasteiger partial charge is 0.336 e. The van der Waals surface area contributed by atoms with Crippen LogP contribution in [-0.4, -0.2) is 50.0 Å². The summed E-state index contributed by atoms with van der Waals surface area (Å²) in [6, 6.07) is 5.19. The zero-order valence-electron chi connectivity index (χ0n) is 12.4. The average Bonchev–Trinajstić information content (AvgIpc) is 2.52. The van der Waals surface area contributed by atoms with E-state index in [1.165, 1.54) is 6.92 Å². The number of carboxylic acids is 1. The molecule has 0 saturated carbocycles. The number of carbonyl (C=O) groups is 2. The van der Waals surface area contributed by atoms with E-state index in [1.54, 1.807) is 24.3 Å². The third-order valence-corrected chi connectivity index (χ3v) is 3.33. The molecule has 1 aliphatic heterocycles. The molecule has 1 heterocycles. The molecule has 2 rings (SSSR count). The van der Waals surface area contributed by atoms with Crippen LogP contribution in [0.5, 0.6) is 0 Å². The van der Waals surface area contributed by atoms with Crippen molar-refractivity contribution in [2.24, 2.45) is 0 Å². The van der Waals surface area contributed by atoms with Crippen LogP contribution in [0.2, 0.25) is 0 Å². The number of benzene rings is 1. The van der Waals surface area contributed by atoms with Crippen molar-refractivity contribution in [3.8, 4) is 0 Å². The Kier molecular flexibility index (Phi) is 5.55. The molecule has 6 nitrogen and oxygen atoms in total. The van der Waals surface area contributed by atoms with Gasteiger partial charge in [-0.15, -0.1) is 0 Å². The summed E-state index contributed by atoms with van der Waals surface area (Å²) in [5.41, 5.74) is 1.69. The van der Waals surface area contributed by atoms with Crippen LogP contribution < -0.4 is 4.90 Å². The van der Waals surface area contributed by atoms with Crippen LogP contribution in [0.15, 0.2) is 24.3 Å². The second-order valence-electron chi connectivity index (χ2n) is 4.85. The van der Waals surface area contributed by atoms with E-state index < -0.39 is 5.97 Å². The minimum atomic E-state index is -0.984. The van der Waals surface area contributed by atoms with E-state index in [1.807, 2.05) is 6.07 Å². The van der Waals surface area contributed by atoms with Gasteiger partial charge >= 0.3 is 11.9 Å². The standard InChI is InChI=1S/C16H19NO5/c1-12(18)22-9-3-5-13-14(16(19)20)4-2-6-15(13)17-7-10-21-11-8-17/h2-6H,7-11H2,1H3,(H,19,20). The molecule has 22 heavy (non-hydrogen) atoms. The summed E-state index contributed by atoms with van der Waals surface area (Å²) in [4.78, 5) is 24.3. The quantitative estimate of drug-likeness (QED) is 0.836. The van der Waals surface area contributed by atoms with Gasteiger partial charge < -0.3 is 19.5 Å². The molecule has 118 valence electrons. The summed E-state index contributed by atoms with van der Waals surface area (Å²) in [6.45, 7) is 4.12. The van der Waals surface area contributed by atoms with Gasteiger partial charge in [0.05, 0.1) is 18.8 Å². The van der Waals surface area contributed by atoms with Crippen LogP contribution in [-0.2, 0) is 14.3 Å². The van der Waals surface area contributed by atoms with Gasteiger partial charge in [-0.05, 0) is 18.2 Å². The molecule has 0 atom stereocenters. The first-order valence-electron chi connectivity index (χ1n) is 7.08. The first-order valence-corrected chi connectivity index (χ1v) is 7.08. The van der Waals surface area contributed by atoms with Crippen molar-refractivity contribution in [1.29, 1.82) is 0 Å². The second kappa shape index (κ2) is 7.61. The fraction of sp³-hybridized carbons (Fsp3) is 0.375. The molecular formula is C16H19NO5. The van der Waals surface area contributed by atoms with E-state index in [0.717, 1.165) is 5.69 Å². The largest absolute Gasteiger partial charge is 0.478 e. The molecule has 0 bridgehead atoms. The molecule has 1 saturated heterocycles. The summed E-state index contributed by atoms with van der Waals surface area (Å²) < 4.78 is 10.2. The summed E-state index contributed by atoms with van der Waals surface area (Å²) in [5.74, 6) is -1.35. The van der Waals surface area contributed by atoms with Crippen molar-refractivity contribution < 1.29 is 24.2 Å². The molecule has 1 fully saturated rings. The van der Waals surface area contributed by atoms with Crippen molar-refractivity contribution >= 4 is 23.7 Å². The van der Waals surface area contributed by atoms with Gasteiger partial charge in [0.25, 0.3) is 0 Å². The topological polar surface area (TPSA) is 76.1 Å². The fourth-order valence-electron chi connectivity index (χ4n) is 2.33.